The van der Waals surface area contributed by atoms with Gasteiger partial charge in [0.15, 0.2) is 12.4 Å². The van der Waals surface area contributed by atoms with Gasteiger partial charge < -0.3 is 14.6 Å². The number of nitrogens with one attached hydrogen (secondary N) is 2. The van der Waals surface area contributed by atoms with Gasteiger partial charge in [-0.05, 0) is 25.1 Å². The number of hydroxylamine groups is 1. The van der Waals surface area contributed by atoms with Gasteiger partial charge in [0, 0.05) is 7.05 Å². The summed E-state index contributed by atoms with van der Waals surface area (Å²) in [5.74, 6) is -2.12. The smallest absolute Gasteiger partial charge is 0.334 e. The molecule has 2 aromatic carbocycles. The third kappa shape index (κ3) is 4.55. The van der Waals surface area contributed by atoms with Crippen LogP contribution in [-0.2, 0) is 21.4 Å². The lowest BCUT2D eigenvalue weighted by Crippen LogP contribution is -2.28. The van der Waals surface area contributed by atoms with Crippen LogP contribution in [0.2, 0.25) is 5.02 Å². The average Bonchev–Trinajstić information content (AvgIpc) is 3.06. The minimum atomic E-state index is -0.757. The molecule has 156 valence electrons. The van der Waals surface area contributed by atoms with E-state index in [1.54, 1.807) is 36.7 Å². The normalized spacial score (nSPS) is 10.8. The standard InChI is InChI=1S/C19H19BClFN4O4/c1-3-29-15(27)8-30-25-19(28)11-7-14-18(23-9-26(14)2)16(22)17(11)24-13-5-4-10(20)6-12(13)21/h4-7,9,24H,3,8,20H2,1-2H3,(H,25,28). The van der Waals surface area contributed by atoms with Crippen molar-refractivity contribution < 1.29 is 23.6 Å². The minimum absolute atomic E-state index is 0.0518. The molecule has 1 aromatic heterocycles. The number of esters is 1. The number of ether oxygens (including phenoxy) is 1. The van der Waals surface area contributed by atoms with E-state index in [-0.39, 0.29) is 23.4 Å². The lowest BCUT2D eigenvalue weighted by Gasteiger charge is -2.15. The Hall–Kier alpha value is -3.11. The highest BCUT2D eigenvalue weighted by Crippen LogP contribution is 2.32. The molecule has 0 spiro atoms. The van der Waals surface area contributed by atoms with Crippen LogP contribution >= 0.6 is 11.6 Å². The highest BCUT2D eigenvalue weighted by molar-refractivity contribution is 6.37. The molecule has 3 aromatic rings. The van der Waals surface area contributed by atoms with Crippen LogP contribution in [0.25, 0.3) is 11.0 Å². The van der Waals surface area contributed by atoms with Gasteiger partial charge >= 0.3 is 5.97 Å². The molecule has 0 aliphatic rings. The zero-order valence-electron chi connectivity index (χ0n) is 16.6. The summed E-state index contributed by atoms with van der Waals surface area (Å²) in [7, 11) is 3.55. The van der Waals surface area contributed by atoms with Gasteiger partial charge in [0.1, 0.15) is 13.4 Å². The molecular weight excluding hydrogens is 413 g/mol. The molecule has 0 aliphatic carbocycles. The highest BCUT2D eigenvalue weighted by atomic mass is 35.5. The van der Waals surface area contributed by atoms with Gasteiger partial charge in [0.2, 0.25) is 0 Å². The van der Waals surface area contributed by atoms with Gasteiger partial charge in [-0.2, -0.15) is 0 Å². The number of imidazole rings is 1. The summed E-state index contributed by atoms with van der Waals surface area (Å²) >= 11 is 6.25. The van der Waals surface area contributed by atoms with Crippen LogP contribution in [0, 0.1) is 5.82 Å². The average molecular weight is 433 g/mol. The van der Waals surface area contributed by atoms with E-state index in [4.69, 9.17) is 21.2 Å². The van der Waals surface area contributed by atoms with Crippen molar-refractivity contribution in [1.29, 1.82) is 0 Å². The molecule has 0 unspecified atom stereocenters. The lowest BCUT2D eigenvalue weighted by atomic mass is 9.96. The lowest BCUT2D eigenvalue weighted by molar-refractivity contribution is -0.150. The molecule has 0 bridgehead atoms. The van der Waals surface area contributed by atoms with Gasteiger partial charge in [-0.25, -0.2) is 19.6 Å². The Morgan fingerprint density at radius 2 is 2.10 bits per heavy atom. The molecule has 0 saturated carbocycles. The molecule has 2 N–H and O–H groups in total. The summed E-state index contributed by atoms with van der Waals surface area (Å²) in [6.45, 7) is 1.35. The Bertz CT molecular complexity index is 1120. The van der Waals surface area contributed by atoms with Gasteiger partial charge in [-0.1, -0.05) is 23.1 Å². The van der Waals surface area contributed by atoms with E-state index in [0.29, 0.717) is 16.2 Å². The summed E-state index contributed by atoms with van der Waals surface area (Å²) in [6, 6.07) is 6.66. The van der Waals surface area contributed by atoms with Gasteiger partial charge in [-0.3, -0.25) is 9.63 Å². The topological polar surface area (TPSA) is 94.5 Å². The number of benzene rings is 2. The molecule has 0 fully saturated rings. The number of aromatic nitrogens is 2. The SMILES string of the molecule is Bc1ccc(Nc2c(C(=O)NOCC(=O)OCC)cc3c(ncn3C)c2F)c(Cl)c1. The Balaban J connectivity index is 1.96. The molecule has 1 amide bonds. The summed E-state index contributed by atoms with van der Waals surface area (Å²) in [6.07, 6.45) is 1.44. The largest absolute Gasteiger partial charge is 0.464 e. The Morgan fingerprint density at radius 3 is 2.80 bits per heavy atom. The third-order valence-electron chi connectivity index (χ3n) is 4.25. The molecule has 8 nitrogen and oxygen atoms in total. The first-order chi connectivity index (χ1) is 14.3. The fourth-order valence-corrected chi connectivity index (χ4v) is 3.08. The van der Waals surface area contributed by atoms with Crippen molar-refractivity contribution in [1.82, 2.24) is 15.0 Å². The fourth-order valence-electron chi connectivity index (χ4n) is 2.80. The number of aryl methyl sites for hydroxylation is 1. The number of nitrogens with zero attached hydrogens (tertiary/aromatic N) is 2. The molecule has 0 aliphatic heterocycles. The molecule has 11 heteroatoms. The van der Waals surface area contributed by atoms with Crippen LogP contribution in [0.15, 0.2) is 30.6 Å². The minimum Gasteiger partial charge on any atom is -0.464 e. The van der Waals surface area contributed by atoms with E-state index in [0.717, 1.165) is 5.46 Å². The second kappa shape index (κ2) is 9.14. The van der Waals surface area contributed by atoms with E-state index < -0.39 is 24.3 Å². The molecular formula is C19H19BClFN4O4. The zero-order chi connectivity index (χ0) is 21.8. The quantitative estimate of drug-likeness (QED) is 0.334. The summed E-state index contributed by atoms with van der Waals surface area (Å²) in [5.41, 5.74) is 3.80. The van der Waals surface area contributed by atoms with Crippen molar-refractivity contribution in [2.45, 2.75) is 6.92 Å². The maximum atomic E-state index is 15.3. The first kappa shape index (κ1) is 21.6. The number of carbonyl (C=O) groups excluding carboxylic acids is 2. The summed E-state index contributed by atoms with van der Waals surface area (Å²) < 4.78 is 21.6. The predicted octanol–water partition coefficient (Wildman–Crippen LogP) is 1.59. The van der Waals surface area contributed by atoms with Gasteiger partial charge in [0.25, 0.3) is 5.91 Å². The molecule has 3 rings (SSSR count). The molecule has 0 saturated heterocycles. The van der Waals surface area contributed by atoms with Crippen LogP contribution in [0.5, 0.6) is 0 Å². The number of hydrogen-bond acceptors (Lipinski definition) is 6. The van der Waals surface area contributed by atoms with Crippen molar-refractivity contribution in [2.75, 3.05) is 18.5 Å². The maximum Gasteiger partial charge on any atom is 0.334 e. The first-order valence-electron chi connectivity index (χ1n) is 9.06. The molecule has 1 heterocycles. The van der Waals surface area contributed by atoms with E-state index in [2.05, 4.69) is 15.8 Å². The van der Waals surface area contributed by atoms with Crippen LogP contribution < -0.4 is 16.3 Å². The summed E-state index contributed by atoms with van der Waals surface area (Å²) in [4.78, 5) is 33.0. The monoisotopic (exact) mass is 432 g/mol. The molecule has 0 atom stereocenters. The zero-order valence-corrected chi connectivity index (χ0v) is 17.3. The van der Waals surface area contributed by atoms with Crippen molar-refractivity contribution in [3.8, 4) is 0 Å². The number of fused-ring (bicyclic) bond motifs is 1. The maximum absolute atomic E-state index is 15.3. The Morgan fingerprint density at radius 1 is 1.33 bits per heavy atom. The number of anilines is 2. The van der Waals surface area contributed by atoms with E-state index in [9.17, 15) is 9.59 Å². The van der Waals surface area contributed by atoms with E-state index >= 15 is 4.39 Å². The van der Waals surface area contributed by atoms with Crippen LogP contribution in [-0.4, -0.2) is 42.5 Å². The fraction of sp³-hybridized carbons (Fsp3) is 0.211. The first-order valence-corrected chi connectivity index (χ1v) is 9.44. The van der Waals surface area contributed by atoms with Gasteiger partial charge in [0.05, 0.1) is 40.4 Å². The van der Waals surface area contributed by atoms with Crippen molar-refractivity contribution in [3.63, 3.8) is 0 Å². The van der Waals surface area contributed by atoms with Crippen LogP contribution in [0.1, 0.15) is 17.3 Å². The van der Waals surface area contributed by atoms with Crippen molar-refractivity contribution >= 4 is 59.2 Å². The second-order valence-corrected chi connectivity index (χ2v) is 6.88. The second-order valence-electron chi connectivity index (χ2n) is 6.47. The Kier molecular flexibility index (Phi) is 6.58. The van der Waals surface area contributed by atoms with E-state index in [1.165, 1.54) is 12.4 Å². The number of halogens is 2. The third-order valence-corrected chi connectivity index (χ3v) is 4.56. The number of hydrogen-bond donors (Lipinski definition) is 2. The number of carbonyl (C=O) groups is 2. The number of rotatable bonds is 7. The van der Waals surface area contributed by atoms with E-state index in [1.807, 2.05) is 7.85 Å². The van der Waals surface area contributed by atoms with Gasteiger partial charge in [-0.15, -0.1) is 0 Å². The van der Waals surface area contributed by atoms with Crippen LogP contribution in [0.4, 0.5) is 15.8 Å². The highest BCUT2D eigenvalue weighted by Gasteiger charge is 2.22. The predicted molar refractivity (Wildman–Crippen MR) is 114 cm³/mol. The van der Waals surface area contributed by atoms with Crippen LogP contribution in [0.3, 0.4) is 0 Å². The van der Waals surface area contributed by atoms with Crippen molar-refractivity contribution in [2.24, 2.45) is 7.05 Å². The number of amides is 1. The summed E-state index contributed by atoms with van der Waals surface area (Å²) in [5, 5.41) is 3.24. The van der Waals surface area contributed by atoms with Crippen molar-refractivity contribution in [3.05, 3.63) is 47.0 Å². The molecule has 30 heavy (non-hydrogen) atoms. The Labute approximate surface area is 177 Å². The molecule has 0 radical (unpaired) electrons.